The summed E-state index contributed by atoms with van der Waals surface area (Å²) in [7, 11) is 0. The third-order valence-corrected chi connectivity index (χ3v) is 3.29. The number of nitrogens with zero attached hydrogens (tertiary/aromatic N) is 1. The number of benzene rings is 2. The van der Waals surface area contributed by atoms with Crippen LogP contribution in [0.15, 0.2) is 36.4 Å². The van der Waals surface area contributed by atoms with E-state index in [4.69, 9.17) is 42.7 Å². The molecule has 2 rings (SSSR count). The summed E-state index contributed by atoms with van der Waals surface area (Å²) in [6, 6.07) is 11.4. The largest absolute Gasteiger partial charge is 0.482 e. The first kappa shape index (κ1) is 19.9. The lowest BCUT2D eigenvalue weighted by Crippen LogP contribution is -2.27. The van der Waals surface area contributed by atoms with E-state index in [0.717, 1.165) is 0 Å². The quantitative estimate of drug-likeness (QED) is 0.637. The van der Waals surface area contributed by atoms with Gasteiger partial charge in [0.25, 0.3) is 0 Å². The summed E-state index contributed by atoms with van der Waals surface area (Å²) in [6.07, 6.45) is 0. The zero-order valence-electron chi connectivity index (χ0n) is 14.5. The summed E-state index contributed by atoms with van der Waals surface area (Å²) in [5.41, 5.74) is -0.218. The number of carbonyl (C=O) groups is 1. The van der Waals surface area contributed by atoms with Gasteiger partial charge in [-0.25, -0.2) is 4.79 Å². The second-order valence-electron chi connectivity index (χ2n) is 6.39. The Hall–Kier alpha value is -2.42. The summed E-state index contributed by atoms with van der Waals surface area (Å²) in [6.45, 7) is 5.07. The van der Waals surface area contributed by atoms with E-state index in [2.05, 4.69) is 0 Å². The van der Waals surface area contributed by atoms with Crippen LogP contribution in [-0.2, 0) is 9.53 Å². The third-order valence-electron chi connectivity index (χ3n) is 2.86. The average molecular weight is 394 g/mol. The van der Waals surface area contributed by atoms with Gasteiger partial charge in [-0.3, -0.25) is 0 Å². The molecule has 5 nitrogen and oxygen atoms in total. The fraction of sp³-hybridized carbons (Fsp3) is 0.263. The zero-order chi connectivity index (χ0) is 19.3. The normalized spacial score (nSPS) is 10.8. The summed E-state index contributed by atoms with van der Waals surface area (Å²) >= 11 is 12.0. The highest BCUT2D eigenvalue weighted by atomic mass is 35.5. The number of esters is 1. The zero-order valence-corrected chi connectivity index (χ0v) is 16.0. The standard InChI is InChI=1S/C19H17Cl2NO4/c1-19(2,3)26-18(23)11-24-15-6-14(21)8-17(9-15)25-16-5-12(10-22)4-13(20)7-16/h4-9H,11H2,1-3H3. The third kappa shape index (κ3) is 6.47. The number of halogens is 2. The van der Waals surface area contributed by atoms with Crippen LogP contribution in [0.3, 0.4) is 0 Å². The van der Waals surface area contributed by atoms with E-state index < -0.39 is 11.6 Å². The lowest BCUT2D eigenvalue weighted by atomic mass is 10.2. The molecule has 0 aliphatic rings. The second-order valence-corrected chi connectivity index (χ2v) is 7.26. The van der Waals surface area contributed by atoms with Crippen molar-refractivity contribution < 1.29 is 19.0 Å². The van der Waals surface area contributed by atoms with Crippen LogP contribution in [0, 0.1) is 11.3 Å². The molecule has 2 aromatic carbocycles. The minimum atomic E-state index is -0.589. The van der Waals surface area contributed by atoms with Gasteiger partial charge in [-0.2, -0.15) is 5.26 Å². The van der Waals surface area contributed by atoms with Crippen LogP contribution >= 0.6 is 23.2 Å². The van der Waals surface area contributed by atoms with E-state index in [1.807, 2.05) is 6.07 Å². The van der Waals surface area contributed by atoms with E-state index in [1.54, 1.807) is 51.1 Å². The molecule has 136 valence electrons. The molecule has 0 aliphatic carbocycles. The predicted molar refractivity (Wildman–Crippen MR) is 99.0 cm³/mol. The average Bonchev–Trinajstić information content (AvgIpc) is 2.50. The molecular weight excluding hydrogens is 377 g/mol. The summed E-state index contributed by atoms with van der Waals surface area (Å²) in [5.74, 6) is 0.617. The van der Waals surface area contributed by atoms with Crippen molar-refractivity contribution in [3.05, 3.63) is 52.0 Å². The molecule has 0 amide bonds. The molecule has 0 aromatic heterocycles. The van der Waals surface area contributed by atoms with Crippen molar-refractivity contribution in [2.75, 3.05) is 6.61 Å². The summed E-state index contributed by atoms with van der Waals surface area (Å²) < 4.78 is 16.3. The molecule has 0 saturated carbocycles. The van der Waals surface area contributed by atoms with Gasteiger partial charge in [0, 0.05) is 16.1 Å². The van der Waals surface area contributed by atoms with Gasteiger partial charge in [-0.05, 0) is 51.1 Å². The van der Waals surface area contributed by atoms with Gasteiger partial charge in [0.15, 0.2) is 6.61 Å². The van der Waals surface area contributed by atoms with Crippen LogP contribution in [0.5, 0.6) is 17.2 Å². The first-order valence-corrected chi connectivity index (χ1v) is 8.44. The first-order valence-electron chi connectivity index (χ1n) is 7.68. The molecule has 0 unspecified atom stereocenters. The molecule has 0 radical (unpaired) electrons. The van der Waals surface area contributed by atoms with Crippen molar-refractivity contribution in [2.45, 2.75) is 26.4 Å². The van der Waals surface area contributed by atoms with Gasteiger partial charge in [-0.1, -0.05) is 23.2 Å². The lowest BCUT2D eigenvalue weighted by Gasteiger charge is -2.19. The fourth-order valence-electron chi connectivity index (χ4n) is 2.01. The van der Waals surface area contributed by atoms with E-state index in [9.17, 15) is 4.79 Å². The highest BCUT2D eigenvalue weighted by molar-refractivity contribution is 6.31. The molecular formula is C19H17Cl2NO4. The summed E-state index contributed by atoms with van der Waals surface area (Å²) in [5, 5.41) is 9.74. The molecule has 0 fully saturated rings. The van der Waals surface area contributed by atoms with Crippen molar-refractivity contribution in [3.8, 4) is 23.3 Å². The van der Waals surface area contributed by atoms with Gasteiger partial charge in [0.1, 0.15) is 22.8 Å². The van der Waals surface area contributed by atoms with Crippen LogP contribution in [0.1, 0.15) is 26.3 Å². The van der Waals surface area contributed by atoms with Crippen molar-refractivity contribution in [3.63, 3.8) is 0 Å². The molecule has 0 atom stereocenters. The molecule has 26 heavy (non-hydrogen) atoms. The Morgan fingerprint density at radius 1 is 1.00 bits per heavy atom. The van der Waals surface area contributed by atoms with Crippen LogP contribution < -0.4 is 9.47 Å². The van der Waals surface area contributed by atoms with Gasteiger partial charge in [0.2, 0.25) is 0 Å². The number of nitriles is 1. The maximum absolute atomic E-state index is 11.7. The smallest absolute Gasteiger partial charge is 0.344 e. The van der Waals surface area contributed by atoms with Gasteiger partial charge < -0.3 is 14.2 Å². The molecule has 0 aliphatic heterocycles. The maximum atomic E-state index is 11.7. The molecule has 7 heteroatoms. The molecule has 0 spiro atoms. The first-order chi connectivity index (χ1) is 12.1. The number of carbonyl (C=O) groups excluding carboxylic acids is 1. The highest BCUT2D eigenvalue weighted by Gasteiger charge is 2.17. The Bertz CT molecular complexity index is 854. The van der Waals surface area contributed by atoms with Crippen LogP contribution in [0.25, 0.3) is 0 Å². The van der Waals surface area contributed by atoms with Crippen molar-refractivity contribution >= 4 is 29.2 Å². The Morgan fingerprint density at radius 2 is 1.58 bits per heavy atom. The fourth-order valence-corrected chi connectivity index (χ4v) is 2.45. The number of rotatable bonds is 5. The number of hydrogen-bond acceptors (Lipinski definition) is 5. The second kappa shape index (κ2) is 8.31. The monoisotopic (exact) mass is 393 g/mol. The van der Waals surface area contributed by atoms with Gasteiger partial charge >= 0.3 is 5.97 Å². The summed E-state index contributed by atoms with van der Waals surface area (Å²) in [4.78, 5) is 11.7. The molecule has 0 saturated heterocycles. The van der Waals surface area contributed by atoms with Crippen LogP contribution in [0.4, 0.5) is 0 Å². The lowest BCUT2D eigenvalue weighted by molar-refractivity contribution is -0.157. The van der Waals surface area contributed by atoms with E-state index >= 15 is 0 Å². The Kier molecular flexibility index (Phi) is 6.36. The molecule has 2 aromatic rings. The Balaban J connectivity index is 2.11. The molecule has 0 N–H and O–H groups in total. The van der Waals surface area contributed by atoms with E-state index in [1.165, 1.54) is 6.07 Å². The molecule has 0 bridgehead atoms. The van der Waals surface area contributed by atoms with Gasteiger partial charge in [-0.15, -0.1) is 0 Å². The number of hydrogen-bond donors (Lipinski definition) is 0. The van der Waals surface area contributed by atoms with Crippen molar-refractivity contribution in [1.29, 1.82) is 5.26 Å². The van der Waals surface area contributed by atoms with Crippen LogP contribution in [-0.4, -0.2) is 18.2 Å². The SMILES string of the molecule is CC(C)(C)OC(=O)COc1cc(Cl)cc(Oc2cc(Cl)cc(C#N)c2)c1. The minimum Gasteiger partial charge on any atom is -0.482 e. The number of ether oxygens (including phenoxy) is 3. The predicted octanol–water partition coefficient (Wildman–Crippen LogP) is 5.38. The Morgan fingerprint density at radius 3 is 2.19 bits per heavy atom. The maximum Gasteiger partial charge on any atom is 0.344 e. The van der Waals surface area contributed by atoms with Crippen molar-refractivity contribution in [1.82, 2.24) is 0 Å². The van der Waals surface area contributed by atoms with Gasteiger partial charge in [0.05, 0.1) is 11.6 Å². The topological polar surface area (TPSA) is 68.6 Å². The minimum absolute atomic E-state index is 0.257. The Labute approximate surface area is 162 Å². The highest BCUT2D eigenvalue weighted by Crippen LogP contribution is 2.31. The van der Waals surface area contributed by atoms with Crippen molar-refractivity contribution in [2.24, 2.45) is 0 Å². The van der Waals surface area contributed by atoms with E-state index in [0.29, 0.717) is 32.9 Å². The van der Waals surface area contributed by atoms with Crippen LogP contribution in [0.2, 0.25) is 10.0 Å². The van der Waals surface area contributed by atoms with E-state index in [-0.39, 0.29) is 6.61 Å². The molecule has 0 heterocycles.